The Morgan fingerprint density at radius 2 is 2.00 bits per heavy atom. The SMILES string of the molecule is COC[C@H]1CCCN1C(=O)CC[C@H]1CNC(=O)[C@@H]2[C@H](CCN2Cc2cccc(OC(F)(F)F)c2)N1C. The molecule has 0 bridgehead atoms. The molecule has 36 heavy (non-hydrogen) atoms. The Hall–Kier alpha value is -2.37. The Morgan fingerprint density at radius 3 is 2.75 bits per heavy atom. The van der Waals surface area contributed by atoms with Crippen LogP contribution in [0.15, 0.2) is 24.3 Å². The van der Waals surface area contributed by atoms with Crippen molar-refractivity contribution < 1.29 is 32.2 Å². The molecule has 1 aromatic carbocycles. The van der Waals surface area contributed by atoms with Crippen molar-refractivity contribution >= 4 is 11.8 Å². The Balaban J connectivity index is 1.37. The van der Waals surface area contributed by atoms with E-state index >= 15 is 0 Å². The number of halogens is 3. The van der Waals surface area contributed by atoms with E-state index in [4.69, 9.17) is 4.74 Å². The molecule has 11 heteroatoms. The number of nitrogens with zero attached hydrogens (tertiary/aromatic N) is 3. The summed E-state index contributed by atoms with van der Waals surface area (Å²) in [7, 11) is 3.65. The van der Waals surface area contributed by atoms with Gasteiger partial charge in [0.2, 0.25) is 11.8 Å². The molecule has 3 saturated heterocycles. The van der Waals surface area contributed by atoms with E-state index in [9.17, 15) is 22.8 Å². The zero-order chi connectivity index (χ0) is 25.9. The Morgan fingerprint density at radius 1 is 1.19 bits per heavy atom. The van der Waals surface area contributed by atoms with E-state index in [0.717, 1.165) is 25.8 Å². The molecule has 200 valence electrons. The highest BCUT2D eigenvalue weighted by Gasteiger charge is 2.45. The molecule has 1 aromatic rings. The molecule has 0 aromatic heterocycles. The summed E-state index contributed by atoms with van der Waals surface area (Å²) in [5.41, 5.74) is 0.649. The summed E-state index contributed by atoms with van der Waals surface area (Å²) in [5, 5.41) is 3.04. The molecule has 2 amide bonds. The fourth-order valence-electron chi connectivity index (χ4n) is 5.87. The summed E-state index contributed by atoms with van der Waals surface area (Å²) in [6.45, 7) is 2.76. The van der Waals surface area contributed by atoms with Gasteiger partial charge in [-0.15, -0.1) is 13.2 Å². The van der Waals surface area contributed by atoms with Gasteiger partial charge in [-0.05, 0) is 50.4 Å². The molecule has 0 aliphatic carbocycles. The number of amides is 2. The standard InChI is InChI=1S/C25H35F3N4O4/c1-30-18(8-9-22(33)32-11-4-6-19(32)16-35-2)14-29-24(34)23-21(30)10-12-31(23)15-17-5-3-7-20(13-17)36-25(26,27)28/h3,5,7,13,18-19,21,23H,4,6,8-12,14-16H2,1-2H3,(H,29,34)/t18-,19+,21-,23-/m0/s1. The maximum Gasteiger partial charge on any atom is 0.573 e. The van der Waals surface area contributed by atoms with Crippen molar-refractivity contribution in [2.75, 3.05) is 40.4 Å². The maximum absolute atomic E-state index is 13.1. The van der Waals surface area contributed by atoms with Crippen LogP contribution in [-0.4, -0.2) is 97.4 Å². The molecule has 4 rings (SSSR count). The monoisotopic (exact) mass is 512 g/mol. The molecule has 1 N–H and O–H groups in total. The molecule has 0 saturated carbocycles. The summed E-state index contributed by atoms with van der Waals surface area (Å²) in [5.74, 6) is -0.224. The normalized spacial score (nSPS) is 27.6. The van der Waals surface area contributed by atoms with E-state index < -0.39 is 12.4 Å². The van der Waals surface area contributed by atoms with Crippen LogP contribution in [0.5, 0.6) is 5.75 Å². The Labute approximate surface area is 209 Å². The first kappa shape index (κ1) is 26.7. The number of hydrogen-bond donors (Lipinski definition) is 1. The second-order valence-electron chi connectivity index (χ2n) is 9.91. The highest BCUT2D eigenvalue weighted by molar-refractivity contribution is 5.83. The van der Waals surface area contributed by atoms with Gasteiger partial charge in [0.15, 0.2) is 0 Å². The lowest BCUT2D eigenvalue weighted by Gasteiger charge is -2.33. The van der Waals surface area contributed by atoms with Crippen molar-refractivity contribution in [3.63, 3.8) is 0 Å². The largest absolute Gasteiger partial charge is 0.573 e. The van der Waals surface area contributed by atoms with E-state index in [2.05, 4.69) is 15.0 Å². The first-order chi connectivity index (χ1) is 17.2. The number of hydrogen-bond acceptors (Lipinski definition) is 6. The fourth-order valence-corrected chi connectivity index (χ4v) is 5.87. The topological polar surface area (TPSA) is 74.3 Å². The number of carbonyl (C=O) groups is 2. The summed E-state index contributed by atoms with van der Waals surface area (Å²) in [6.07, 6.45) is -0.977. The molecular formula is C25H35F3N4O4. The summed E-state index contributed by atoms with van der Waals surface area (Å²) < 4.78 is 47.1. The smallest absolute Gasteiger partial charge is 0.406 e. The molecule has 3 heterocycles. The quantitative estimate of drug-likeness (QED) is 0.577. The molecular weight excluding hydrogens is 477 g/mol. The third kappa shape index (κ3) is 6.30. The van der Waals surface area contributed by atoms with Gasteiger partial charge in [0.25, 0.3) is 0 Å². The molecule has 4 atom stereocenters. The number of methoxy groups -OCH3 is 1. The van der Waals surface area contributed by atoms with Gasteiger partial charge in [0.1, 0.15) is 11.8 Å². The van der Waals surface area contributed by atoms with Gasteiger partial charge in [-0.2, -0.15) is 0 Å². The lowest BCUT2D eigenvalue weighted by Crippen LogP contribution is -2.49. The minimum atomic E-state index is -4.75. The lowest BCUT2D eigenvalue weighted by atomic mass is 10.0. The van der Waals surface area contributed by atoms with Crippen LogP contribution < -0.4 is 10.1 Å². The molecule has 0 unspecified atom stereocenters. The number of likely N-dealkylation sites (N-methyl/N-ethyl adjacent to an activating group) is 1. The predicted octanol–water partition coefficient (Wildman–Crippen LogP) is 2.38. The number of nitrogens with one attached hydrogen (secondary N) is 1. The van der Waals surface area contributed by atoms with Crippen LogP contribution in [0.4, 0.5) is 13.2 Å². The first-order valence-corrected chi connectivity index (χ1v) is 12.5. The van der Waals surface area contributed by atoms with Gasteiger partial charge in [-0.1, -0.05) is 12.1 Å². The van der Waals surface area contributed by atoms with Crippen LogP contribution in [0, 0.1) is 0 Å². The molecule has 3 fully saturated rings. The van der Waals surface area contributed by atoms with Crippen molar-refractivity contribution in [1.82, 2.24) is 20.0 Å². The minimum absolute atomic E-state index is 0.0276. The van der Waals surface area contributed by atoms with Crippen LogP contribution in [-0.2, 0) is 20.9 Å². The second kappa shape index (κ2) is 11.4. The zero-order valence-corrected chi connectivity index (χ0v) is 20.8. The molecule has 0 spiro atoms. The van der Waals surface area contributed by atoms with Crippen molar-refractivity contribution in [1.29, 1.82) is 0 Å². The van der Waals surface area contributed by atoms with Crippen molar-refractivity contribution in [2.24, 2.45) is 0 Å². The summed E-state index contributed by atoms with van der Waals surface area (Å²) in [6, 6.07) is 5.61. The van der Waals surface area contributed by atoms with Crippen LogP contribution in [0.1, 0.15) is 37.7 Å². The van der Waals surface area contributed by atoms with E-state index in [0.29, 0.717) is 44.6 Å². The van der Waals surface area contributed by atoms with Gasteiger partial charge in [0, 0.05) is 51.8 Å². The molecule has 3 aliphatic rings. The average Bonchev–Trinajstić information content (AvgIpc) is 3.42. The predicted molar refractivity (Wildman–Crippen MR) is 126 cm³/mol. The van der Waals surface area contributed by atoms with Crippen LogP contribution in [0.2, 0.25) is 0 Å². The van der Waals surface area contributed by atoms with Gasteiger partial charge in [0.05, 0.1) is 12.6 Å². The highest BCUT2D eigenvalue weighted by Crippen LogP contribution is 2.30. The van der Waals surface area contributed by atoms with E-state index in [-0.39, 0.29) is 35.7 Å². The number of benzene rings is 1. The third-order valence-electron chi connectivity index (χ3n) is 7.62. The lowest BCUT2D eigenvalue weighted by molar-refractivity contribution is -0.274. The Kier molecular flexibility index (Phi) is 8.41. The van der Waals surface area contributed by atoms with E-state index in [1.165, 1.54) is 18.2 Å². The number of likely N-dealkylation sites (tertiary alicyclic amines) is 2. The maximum atomic E-state index is 13.1. The van der Waals surface area contributed by atoms with Gasteiger partial charge in [-0.25, -0.2) is 0 Å². The number of alkyl halides is 3. The van der Waals surface area contributed by atoms with E-state index in [1.54, 1.807) is 13.2 Å². The number of ether oxygens (including phenoxy) is 2. The summed E-state index contributed by atoms with van der Waals surface area (Å²) >= 11 is 0. The zero-order valence-electron chi connectivity index (χ0n) is 20.8. The van der Waals surface area contributed by atoms with Crippen LogP contribution in [0.25, 0.3) is 0 Å². The highest BCUT2D eigenvalue weighted by atomic mass is 19.4. The van der Waals surface area contributed by atoms with E-state index in [1.807, 2.05) is 16.8 Å². The summed E-state index contributed by atoms with van der Waals surface area (Å²) in [4.78, 5) is 32.1. The third-order valence-corrected chi connectivity index (χ3v) is 7.62. The van der Waals surface area contributed by atoms with Crippen molar-refractivity contribution in [3.05, 3.63) is 29.8 Å². The van der Waals surface area contributed by atoms with Crippen LogP contribution in [0.3, 0.4) is 0 Å². The van der Waals surface area contributed by atoms with Crippen LogP contribution >= 0.6 is 0 Å². The number of carbonyl (C=O) groups excluding carboxylic acids is 2. The fraction of sp³-hybridized carbons (Fsp3) is 0.680. The minimum Gasteiger partial charge on any atom is -0.406 e. The Bertz CT molecular complexity index is 931. The van der Waals surface area contributed by atoms with Gasteiger partial charge >= 0.3 is 6.36 Å². The van der Waals surface area contributed by atoms with Crippen molar-refractivity contribution in [3.8, 4) is 5.75 Å². The van der Waals surface area contributed by atoms with Gasteiger partial charge < -0.3 is 19.7 Å². The van der Waals surface area contributed by atoms with Gasteiger partial charge in [-0.3, -0.25) is 19.4 Å². The molecule has 8 nitrogen and oxygen atoms in total. The average molecular weight is 513 g/mol. The molecule has 3 aliphatic heterocycles. The number of fused-ring (bicyclic) bond motifs is 1. The number of rotatable bonds is 8. The molecule has 0 radical (unpaired) electrons. The van der Waals surface area contributed by atoms with Crippen molar-refractivity contribution in [2.45, 2.75) is 69.2 Å². The first-order valence-electron chi connectivity index (χ1n) is 12.5. The second-order valence-corrected chi connectivity index (χ2v) is 9.91.